The summed E-state index contributed by atoms with van der Waals surface area (Å²) in [5.41, 5.74) is 3.13. The maximum atomic E-state index is 14.2. The maximum absolute atomic E-state index is 14.2. The average Bonchev–Trinajstić information content (AvgIpc) is 3.28. The number of nitro groups is 1. The second kappa shape index (κ2) is 20.5. The molecule has 2 heterocycles. The summed E-state index contributed by atoms with van der Waals surface area (Å²) in [6.45, 7) is 4.87. The van der Waals surface area contributed by atoms with Crippen molar-refractivity contribution in [2.45, 2.75) is 94.9 Å². The molecule has 7 rings (SSSR count). The van der Waals surface area contributed by atoms with Crippen molar-refractivity contribution >= 4 is 17.5 Å². The molecule has 1 saturated heterocycles. The smallest absolute Gasteiger partial charge is 0.410 e. The minimum absolute atomic E-state index is 0.0145. The lowest BCUT2D eigenvalue weighted by Crippen LogP contribution is -2.69. The number of aliphatic hydroxyl groups excluding tert-OH is 2. The van der Waals surface area contributed by atoms with Gasteiger partial charge in [0.05, 0.1) is 35.8 Å². The third kappa shape index (κ3) is 9.94. The van der Waals surface area contributed by atoms with Gasteiger partial charge in [0, 0.05) is 50.7 Å². The van der Waals surface area contributed by atoms with Crippen molar-refractivity contribution in [1.29, 1.82) is 0 Å². The highest BCUT2D eigenvalue weighted by Gasteiger charge is 2.65. The predicted octanol–water partition coefficient (Wildman–Crippen LogP) is 8.82. The summed E-state index contributed by atoms with van der Waals surface area (Å²) >= 11 is 0. The first-order valence-electron chi connectivity index (χ1n) is 21.5. The fraction of sp³-hybridized carbons (Fsp3) is 0.489. The number of oxime groups is 1. The molecule has 2 aliphatic heterocycles. The van der Waals surface area contributed by atoms with Gasteiger partial charge in [-0.05, 0) is 85.8 Å². The Bertz CT molecular complexity index is 2040. The first-order chi connectivity index (χ1) is 29.8. The summed E-state index contributed by atoms with van der Waals surface area (Å²) in [5.74, 6) is -0.984. The van der Waals surface area contributed by atoms with Crippen molar-refractivity contribution in [2.75, 3.05) is 33.5 Å². The molecule has 3 aromatic rings. The maximum Gasteiger partial charge on any atom is 0.410 e. The van der Waals surface area contributed by atoms with E-state index in [0.29, 0.717) is 48.8 Å². The average molecular weight is 840 g/mol. The number of carbonyl (C=O) groups is 1. The topological polar surface area (TPSA) is 172 Å². The lowest BCUT2D eigenvalue weighted by atomic mass is 9.55. The summed E-state index contributed by atoms with van der Waals surface area (Å²) in [7, 11) is 1.69. The van der Waals surface area contributed by atoms with Crippen molar-refractivity contribution in [2.24, 2.45) is 22.9 Å². The number of hydrogen-bond acceptors (Lipinski definition) is 12. The number of ether oxygens (including phenoxy) is 5. The van der Waals surface area contributed by atoms with Crippen LogP contribution in [0.4, 0.5) is 10.5 Å². The highest BCUT2D eigenvalue weighted by atomic mass is 16.8. The molecule has 14 heteroatoms. The number of nitrogens with zero attached hydrogens (tertiary/aromatic N) is 3. The van der Waals surface area contributed by atoms with Crippen LogP contribution >= 0.6 is 0 Å². The van der Waals surface area contributed by atoms with Gasteiger partial charge in [0.15, 0.2) is 0 Å². The summed E-state index contributed by atoms with van der Waals surface area (Å²) < 4.78 is 32.4. The standard InChI is InChI=1S/C47H57N3O11/c1-3-25-58-47-42(49(2)46(53)57-31-32-14-5-4-6-15-32)30-40(48-61-43-20-9-12-26-56-43)38-27-33(16-7-10-23-51)37(19-8-11-24-52)44(45(38)47)39-29-36(21-22-41(39)60-47)59-35-18-13-17-34(28-35)50(54)55/h3-6,13-15,17-18,21-22,27-29,33,37,42-45,51-52H,1,7-12,16,19-20,23-26,30-31H2,2H3/t33-,37+,42-,43?,44+,45+,47+/m0/s1. The molecule has 61 heavy (non-hydrogen) atoms. The van der Waals surface area contributed by atoms with E-state index in [0.717, 1.165) is 55.2 Å². The van der Waals surface area contributed by atoms with Gasteiger partial charge in [-0.1, -0.05) is 66.5 Å². The third-order valence-electron chi connectivity index (χ3n) is 12.3. The molecular formula is C47H57N3O11. The Morgan fingerprint density at radius 2 is 1.80 bits per heavy atom. The van der Waals surface area contributed by atoms with Crippen molar-refractivity contribution in [1.82, 2.24) is 4.90 Å². The SMILES string of the molecule is C=CCO[C@@]12Oc3ccc(Oc4cccc([N+](=O)[O-])c4)cc3[C@H]3[C@H](CCCCO)[C@@H](CCCCO)C=C(C(=NOC4CCCCO4)C[C@@H]1N(C)C(=O)OCc1ccccc1)[C@H]32. The van der Waals surface area contributed by atoms with Crippen molar-refractivity contribution < 1.29 is 48.5 Å². The molecule has 0 spiro atoms. The van der Waals surface area contributed by atoms with Crippen LogP contribution < -0.4 is 9.47 Å². The fourth-order valence-electron chi connectivity index (χ4n) is 9.45. The molecule has 1 saturated carbocycles. The lowest BCUT2D eigenvalue weighted by molar-refractivity contribution is -0.384. The van der Waals surface area contributed by atoms with E-state index >= 15 is 0 Å². The van der Waals surface area contributed by atoms with Crippen LogP contribution in [0.1, 0.15) is 81.3 Å². The molecule has 0 aromatic heterocycles. The van der Waals surface area contributed by atoms with Gasteiger partial charge < -0.3 is 43.6 Å². The largest absolute Gasteiger partial charge is 0.459 e. The Hall–Kier alpha value is -5.28. The Morgan fingerprint density at radius 1 is 1.02 bits per heavy atom. The van der Waals surface area contributed by atoms with Gasteiger partial charge in [0.2, 0.25) is 12.1 Å². The number of likely N-dealkylation sites (N-methyl/N-ethyl adjacent to an activating group) is 1. The van der Waals surface area contributed by atoms with E-state index in [2.05, 4.69) is 12.7 Å². The zero-order chi connectivity index (χ0) is 42.8. The number of allylic oxidation sites excluding steroid dienone is 1. The molecule has 0 bridgehead atoms. The zero-order valence-corrected chi connectivity index (χ0v) is 34.8. The molecular weight excluding hydrogens is 783 g/mol. The zero-order valence-electron chi connectivity index (χ0n) is 34.8. The summed E-state index contributed by atoms with van der Waals surface area (Å²) in [6.07, 6.45) is 10.0. The minimum atomic E-state index is -1.47. The second-order valence-electron chi connectivity index (χ2n) is 16.2. The molecule has 4 aliphatic rings. The molecule has 7 atom stereocenters. The molecule has 0 radical (unpaired) electrons. The number of carbonyl (C=O) groups excluding carboxylic acids is 1. The number of amides is 1. The van der Waals surface area contributed by atoms with Gasteiger partial charge in [-0.25, -0.2) is 4.79 Å². The van der Waals surface area contributed by atoms with Crippen LogP contribution in [0.25, 0.3) is 0 Å². The number of hydrogen-bond donors (Lipinski definition) is 2. The number of nitro benzene ring substituents is 1. The van der Waals surface area contributed by atoms with Crippen LogP contribution in [0, 0.1) is 27.9 Å². The van der Waals surface area contributed by atoms with E-state index < -0.39 is 35.1 Å². The van der Waals surface area contributed by atoms with Crippen LogP contribution in [0.5, 0.6) is 17.2 Å². The predicted molar refractivity (Wildman–Crippen MR) is 227 cm³/mol. The lowest BCUT2D eigenvalue weighted by Gasteiger charge is -2.59. The Morgan fingerprint density at radius 3 is 2.54 bits per heavy atom. The van der Waals surface area contributed by atoms with Gasteiger partial charge in [-0.3, -0.25) is 10.1 Å². The van der Waals surface area contributed by atoms with E-state index in [9.17, 15) is 25.1 Å². The van der Waals surface area contributed by atoms with Crippen LogP contribution in [-0.2, 0) is 25.7 Å². The van der Waals surface area contributed by atoms with E-state index in [1.807, 2.05) is 42.5 Å². The van der Waals surface area contributed by atoms with Gasteiger partial charge in [0.1, 0.15) is 29.9 Å². The first kappa shape index (κ1) is 43.8. The number of rotatable bonds is 19. The van der Waals surface area contributed by atoms with Crippen molar-refractivity contribution in [3.63, 3.8) is 0 Å². The molecule has 2 fully saturated rings. The summed E-state index contributed by atoms with van der Waals surface area (Å²) in [6, 6.07) is 20.3. The quantitative estimate of drug-likeness (QED) is 0.0512. The van der Waals surface area contributed by atoms with Crippen molar-refractivity contribution in [3.8, 4) is 17.2 Å². The number of benzene rings is 3. The Balaban J connectivity index is 1.38. The minimum Gasteiger partial charge on any atom is -0.459 e. The van der Waals surface area contributed by atoms with Gasteiger partial charge in [-0.2, -0.15) is 0 Å². The van der Waals surface area contributed by atoms with Crippen LogP contribution in [0.2, 0.25) is 0 Å². The number of non-ortho nitro benzene ring substituents is 1. The number of aliphatic hydroxyl groups is 2. The summed E-state index contributed by atoms with van der Waals surface area (Å²) in [5, 5.41) is 36.3. The van der Waals surface area contributed by atoms with E-state index in [1.165, 1.54) is 12.1 Å². The highest BCUT2D eigenvalue weighted by Crippen LogP contribution is 2.62. The van der Waals surface area contributed by atoms with Gasteiger partial charge in [0.25, 0.3) is 5.69 Å². The second-order valence-corrected chi connectivity index (χ2v) is 16.2. The van der Waals surface area contributed by atoms with Crippen molar-refractivity contribution in [3.05, 3.63) is 118 Å². The highest BCUT2D eigenvalue weighted by molar-refractivity contribution is 6.03. The monoisotopic (exact) mass is 839 g/mol. The van der Waals surface area contributed by atoms with Gasteiger partial charge in [-0.15, -0.1) is 6.58 Å². The summed E-state index contributed by atoms with van der Waals surface area (Å²) in [4.78, 5) is 33.1. The Kier molecular flexibility index (Phi) is 14.7. The fourth-order valence-corrected chi connectivity index (χ4v) is 9.45. The molecule has 2 N–H and O–H groups in total. The van der Waals surface area contributed by atoms with Gasteiger partial charge >= 0.3 is 6.09 Å². The Labute approximate surface area is 356 Å². The van der Waals surface area contributed by atoms with Crippen LogP contribution in [-0.4, -0.2) is 83.4 Å². The van der Waals surface area contributed by atoms with Crippen LogP contribution in [0.15, 0.2) is 102 Å². The number of fused-ring (bicyclic) bond motifs is 2. The van der Waals surface area contributed by atoms with Crippen LogP contribution in [0.3, 0.4) is 0 Å². The molecule has 326 valence electrons. The van der Waals surface area contributed by atoms with E-state index in [1.54, 1.807) is 36.2 Å². The van der Waals surface area contributed by atoms with E-state index in [4.69, 9.17) is 33.7 Å². The molecule has 1 unspecified atom stereocenters. The number of unbranched alkanes of at least 4 members (excludes halogenated alkanes) is 2. The molecule has 3 aromatic carbocycles. The third-order valence-corrected chi connectivity index (χ3v) is 12.3. The van der Waals surface area contributed by atoms with E-state index in [-0.39, 0.29) is 56.3 Å². The molecule has 2 aliphatic carbocycles. The normalized spacial score (nSPS) is 25.9. The molecule has 14 nitrogen and oxygen atoms in total. The molecule has 1 amide bonds. The first-order valence-corrected chi connectivity index (χ1v) is 21.5.